The molecule has 8 N–H and O–H groups in total. The molecule has 0 aliphatic heterocycles. The minimum Gasteiger partial charge on any atom is -0.480 e. The Morgan fingerprint density at radius 3 is 1.97 bits per heavy atom. The van der Waals surface area contributed by atoms with Crippen LogP contribution in [0.1, 0.15) is 33.6 Å². The number of hydrogen-bond donors (Lipinski definition) is 7. The number of amides is 3. The number of rotatable bonds is 14. The molecule has 0 bridgehead atoms. The third kappa shape index (κ3) is 10.2. The maximum Gasteiger partial charge on any atom is 0.326 e. The van der Waals surface area contributed by atoms with Gasteiger partial charge in [-0.2, -0.15) is 11.8 Å². The predicted molar refractivity (Wildman–Crippen MR) is 113 cm³/mol. The summed E-state index contributed by atoms with van der Waals surface area (Å²) in [7, 11) is 0. The minimum absolute atomic E-state index is 0.0243. The molecule has 0 radical (unpaired) electrons. The van der Waals surface area contributed by atoms with E-state index in [0.717, 1.165) is 0 Å². The van der Waals surface area contributed by atoms with E-state index >= 15 is 0 Å². The highest BCUT2D eigenvalue weighted by molar-refractivity contribution is 7.98. The molecular weight excluding hydrogens is 416 g/mol. The smallest absolute Gasteiger partial charge is 0.326 e. The zero-order valence-electron chi connectivity index (χ0n) is 17.8. The molecule has 30 heavy (non-hydrogen) atoms. The highest BCUT2D eigenvalue weighted by atomic mass is 32.2. The summed E-state index contributed by atoms with van der Waals surface area (Å²) in [5, 5.41) is 35.3. The summed E-state index contributed by atoms with van der Waals surface area (Å²) in [5.41, 5.74) is 5.41. The summed E-state index contributed by atoms with van der Waals surface area (Å²) in [6.07, 6.45) is 0.931. The monoisotopic (exact) mass is 450 g/mol. The van der Waals surface area contributed by atoms with Crippen molar-refractivity contribution in [1.29, 1.82) is 0 Å². The van der Waals surface area contributed by atoms with Crippen molar-refractivity contribution in [3.63, 3.8) is 0 Å². The van der Waals surface area contributed by atoms with E-state index in [1.165, 1.54) is 18.7 Å². The third-order valence-corrected chi connectivity index (χ3v) is 4.81. The van der Waals surface area contributed by atoms with E-state index in [4.69, 9.17) is 10.8 Å². The van der Waals surface area contributed by atoms with E-state index in [0.29, 0.717) is 5.75 Å². The molecule has 0 saturated heterocycles. The van der Waals surface area contributed by atoms with Gasteiger partial charge in [0.15, 0.2) is 0 Å². The van der Waals surface area contributed by atoms with Crippen molar-refractivity contribution in [1.82, 2.24) is 16.0 Å². The fraction of sp³-hybridized carbons (Fsp3) is 0.778. The van der Waals surface area contributed by atoms with Gasteiger partial charge in [-0.05, 0) is 37.7 Å². The first kappa shape index (κ1) is 28.1. The number of carboxylic acids is 1. The maximum absolute atomic E-state index is 12.6. The molecule has 0 heterocycles. The van der Waals surface area contributed by atoms with E-state index < -0.39 is 60.6 Å². The van der Waals surface area contributed by atoms with Gasteiger partial charge in [-0.25, -0.2) is 4.79 Å². The number of carboxylic acid groups (broad SMARTS) is 1. The third-order valence-electron chi connectivity index (χ3n) is 4.16. The van der Waals surface area contributed by atoms with E-state index in [2.05, 4.69) is 16.0 Å². The average Bonchev–Trinajstić information content (AvgIpc) is 2.66. The van der Waals surface area contributed by atoms with Crippen LogP contribution in [0.2, 0.25) is 0 Å². The fourth-order valence-corrected chi connectivity index (χ4v) is 2.95. The Kier molecular flexibility index (Phi) is 13.3. The molecule has 0 aromatic rings. The van der Waals surface area contributed by atoms with E-state index in [9.17, 15) is 29.4 Å². The molecule has 5 unspecified atom stereocenters. The van der Waals surface area contributed by atoms with Crippen LogP contribution in [0, 0.1) is 5.92 Å². The summed E-state index contributed by atoms with van der Waals surface area (Å²) in [5.74, 6) is -3.00. The lowest BCUT2D eigenvalue weighted by Crippen LogP contribution is -2.60. The van der Waals surface area contributed by atoms with Crippen LogP contribution in [0.3, 0.4) is 0 Å². The van der Waals surface area contributed by atoms with Gasteiger partial charge in [-0.1, -0.05) is 13.8 Å². The van der Waals surface area contributed by atoms with Gasteiger partial charge in [0, 0.05) is 0 Å². The minimum atomic E-state index is -1.41. The van der Waals surface area contributed by atoms with Crippen LogP contribution in [0.5, 0.6) is 0 Å². The molecule has 174 valence electrons. The topological polar surface area (TPSA) is 191 Å². The fourth-order valence-electron chi connectivity index (χ4n) is 2.48. The first-order valence-electron chi connectivity index (χ1n) is 9.61. The SMILES string of the molecule is CSCCC(NC(=O)C(NC(=O)C(N)CO)C(C)O)C(=O)NC(CC(C)C)C(=O)O. The molecule has 0 spiro atoms. The number of carbonyl (C=O) groups excluding carboxylic acids is 3. The van der Waals surface area contributed by atoms with Gasteiger partial charge in [-0.15, -0.1) is 0 Å². The second-order valence-electron chi connectivity index (χ2n) is 7.39. The summed E-state index contributed by atoms with van der Waals surface area (Å²) in [6, 6.07) is -4.86. The normalized spacial score (nSPS) is 16.1. The lowest BCUT2D eigenvalue weighted by molar-refractivity contribution is -0.143. The molecule has 11 nitrogen and oxygen atoms in total. The van der Waals surface area contributed by atoms with Crippen molar-refractivity contribution >= 4 is 35.5 Å². The quantitative estimate of drug-likeness (QED) is 0.157. The van der Waals surface area contributed by atoms with Gasteiger partial charge in [0.25, 0.3) is 0 Å². The van der Waals surface area contributed by atoms with Crippen LogP contribution in [-0.2, 0) is 19.2 Å². The Balaban J connectivity index is 5.35. The van der Waals surface area contributed by atoms with E-state index in [-0.39, 0.29) is 18.8 Å². The van der Waals surface area contributed by atoms with Gasteiger partial charge in [0.2, 0.25) is 17.7 Å². The van der Waals surface area contributed by atoms with Gasteiger partial charge >= 0.3 is 5.97 Å². The van der Waals surface area contributed by atoms with Crippen LogP contribution >= 0.6 is 11.8 Å². The number of aliphatic hydroxyl groups is 2. The number of aliphatic carboxylic acids is 1. The zero-order chi connectivity index (χ0) is 23.4. The Morgan fingerprint density at radius 1 is 0.967 bits per heavy atom. The van der Waals surface area contributed by atoms with Crippen molar-refractivity contribution in [3.05, 3.63) is 0 Å². The Bertz CT molecular complexity index is 589. The van der Waals surface area contributed by atoms with Gasteiger partial charge in [0.1, 0.15) is 24.2 Å². The molecule has 0 fully saturated rings. The predicted octanol–water partition coefficient (Wildman–Crippen LogP) is -1.97. The molecule has 5 atom stereocenters. The molecular formula is C18H34N4O7S. The summed E-state index contributed by atoms with van der Waals surface area (Å²) >= 11 is 1.43. The second-order valence-corrected chi connectivity index (χ2v) is 8.37. The second kappa shape index (κ2) is 14.2. The van der Waals surface area contributed by atoms with Crippen LogP contribution in [-0.4, -0.2) is 87.9 Å². The molecule has 0 aliphatic rings. The van der Waals surface area contributed by atoms with Gasteiger partial charge in [-0.3, -0.25) is 14.4 Å². The van der Waals surface area contributed by atoms with Crippen LogP contribution in [0.4, 0.5) is 0 Å². The Labute approximate surface area is 180 Å². The zero-order valence-corrected chi connectivity index (χ0v) is 18.6. The molecule has 0 aliphatic carbocycles. The standard InChI is InChI=1S/C18H34N4O7S/c1-9(2)7-13(18(28)29)21-16(26)12(5-6-30-4)20-17(27)14(10(3)24)22-15(25)11(19)8-23/h9-14,23-24H,5-8,19H2,1-4H3,(H,20,27)(H,21,26)(H,22,25)(H,28,29). The molecule has 0 saturated carbocycles. The van der Waals surface area contributed by atoms with Crippen LogP contribution in [0.15, 0.2) is 0 Å². The number of carbonyl (C=O) groups is 4. The largest absolute Gasteiger partial charge is 0.480 e. The van der Waals surface area contributed by atoms with E-state index in [1.54, 1.807) is 0 Å². The number of nitrogens with two attached hydrogens (primary N) is 1. The first-order chi connectivity index (χ1) is 13.9. The molecule has 0 aromatic heterocycles. The highest BCUT2D eigenvalue weighted by Gasteiger charge is 2.32. The first-order valence-corrected chi connectivity index (χ1v) is 11.0. The number of hydrogen-bond acceptors (Lipinski definition) is 8. The lowest BCUT2D eigenvalue weighted by Gasteiger charge is -2.26. The van der Waals surface area contributed by atoms with Gasteiger partial charge < -0.3 is 37.0 Å². The molecule has 0 aromatic carbocycles. The van der Waals surface area contributed by atoms with Crippen molar-refractivity contribution in [2.45, 2.75) is 63.9 Å². The van der Waals surface area contributed by atoms with Crippen molar-refractivity contribution in [2.24, 2.45) is 11.7 Å². The maximum atomic E-state index is 12.6. The highest BCUT2D eigenvalue weighted by Crippen LogP contribution is 2.08. The van der Waals surface area contributed by atoms with Crippen molar-refractivity contribution in [3.8, 4) is 0 Å². The van der Waals surface area contributed by atoms with E-state index in [1.807, 2.05) is 20.1 Å². The van der Waals surface area contributed by atoms with Gasteiger partial charge in [0.05, 0.1) is 12.7 Å². The van der Waals surface area contributed by atoms with Crippen LogP contribution < -0.4 is 21.7 Å². The Hall–Kier alpha value is -1.89. The molecule has 12 heteroatoms. The lowest BCUT2D eigenvalue weighted by atomic mass is 10.0. The number of aliphatic hydroxyl groups excluding tert-OH is 2. The van der Waals surface area contributed by atoms with Crippen molar-refractivity contribution in [2.75, 3.05) is 18.6 Å². The number of nitrogens with one attached hydrogen (secondary N) is 3. The summed E-state index contributed by atoms with van der Waals surface area (Å²) < 4.78 is 0. The molecule has 3 amide bonds. The summed E-state index contributed by atoms with van der Waals surface area (Å²) in [4.78, 5) is 48.6. The van der Waals surface area contributed by atoms with Crippen molar-refractivity contribution < 1.29 is 34.5 Å². The Morgan fingerprint density at radius 2 is 1.53 bits per heavy atom. The number of thioether (sulfide) groups is 1. The average molecular weight is 451 g/mol. The van der Waals surface area contributed by atoms with Crippen LogP contribution in [0.25, 0.3) is 0 Å². The summed E-state index contributed by atoms with van der Waals surface area (Å²) in [6.45, 7) is 4.27. The molecule has 0 rings (SSSR count).